The van der Waals surface area contributed by atoms with Crippen molar-refractivity contribution in [3.8, 4) is 0 Å². The van der Waals surface area contributed by atoms with E-state index in [2.05, 4.69) is 21.2 Å². The monoisotopic (exact) mass is 255 g/mol. The largest absolute Gasteiger partial charge is 0.465 e. The Morgan fingerprint density at radius 1 is 1.43 bits per heavy atom. The molecule has 0 spiro atoms. The molecule has 0 heterocycles. The zero-order chi connectivity index (χ0) is 10.1. The lowest BCUT2D eigenvalue weighted by atomic mass is 10.1. The number of carbonyl (C=O) groups is 1. The molecule has 2 atom stereocenters. The van der Waals surface area contributed by atoms with Crippen molar-refractivity contribution >= 4 is 22.0 Å². The van der Waals surface area contributed by atoms with Crippen molar-refractivity contribution in [3.05, 3.63) is 34.3 Å². The highest BCUT2D eigenvalue weighted by Crippen LogP contribution is 2.40. The summed E-state index contributed by atoms with van der Waals surface area (Å²) in [7, 11) is 0. The molecule has 74 valence electrons. The third-order valence-corrected chi connectivity index (χ3v) is 2.93. The predicted molar refractivity (Wildman–Crippen MR) is 56.4 cm³/mol. The first-order valence-electron chi connectivity index (χ1n) is 4.42. The van der Waals surface area contributed by atoms with Crippen molar-refractivity contribution in [2.24, 2.45) is 0 Å². The van der Waals surface area contributed by atoms with Gasteiger partial charge in [0.15, 0.2) is 0 Å². The van der Waals surface area contributed by atoms with Gasteiger partial charge in [-0.05, 0) is 24.1 Å². The lowest BCUT2D eigenvalue weighted by Gasteiger charge is -2.00. The van der Waals surface area contributed by atoms with Gasteiger partial charge in [-0.3, -0.25) is 0 Å². The maximum absolute atomic E-state index is 10.4. The minimum atomic E-state index is -0.936. The van der Waals surface area contributed by atoms with Crippen LogP contribution in [0.25, 0.3) is 0 Å². The second-order valence-corrected chi connectivity index (χ2v) is 4.37. The van der Waals surface area contributed by atoms with Gasteiger partial charge in [-0.2, -0.15) is 0 Å². The van der Waals surface area contributed by atoms with Gasteiger partial charge in [-0.15, -0.1) is 0 Å². The number of nitrogens with one attached hydrogen (secondary N) is 1. The summed E-state index contributed by atoms with van der Waals surface area (Å²) in [6.07, 6.45) is -0.0249. The van der Waals surface area contributed by atoms with E-state index in [1.807, 2.05) is 24.3 Å². The summed E-state index contributed by atoms with van der Waals surface area (Å²) in [5.41, 5.74) is 1.20. The van der Waals surface area contributed by atoms with E-state index in [0.29, 0.717) is 5.92 Å². The van der Waals surface area contributed by atoms with Gasteiger partial charge in [0.1, 0.15) is 0 Å². The molecular formula is C10H10BrNO2. The Kier molecular flexibility index (Phi) is 2.46. The Balaban J connectivity index is 1.99. The van der Waals surface area contributed by atoms with E-state index in [9.17, 15) is 4.79 Å². The van der Waals surface area contributed by atoms with Gasteiger partial charge in [-0.25, -0.2) is 4.79 Å². The molecule has 1 aromatic carbocycles. The average molecular weight is 256 g/mol. The molecule has 3 nitrogen and oxygen atoms in total. The van der Waals surface area contributed by atoms with Crippen LogP contribution < -0.4 is 5.32 Å². The van der Waals surface area contributed by atoms with Crippen LogP contribution in [0.5, 0.6) is 0 Å². The van der Waals surface area contributed by atoms with Crippen molar-refractivity contribution in [3.63, 3.8) is 0 Å². The summed E-state index contributed by atoms with van der Waals surface area (Å²) in [6, 6.07) is 8.11. The zero-order valence-corrected chi connectivity index (χ0v) is 8.99. The Labute approximate surface area is 90.3 Å². The molecule has 0 saturated heterocycles. The van der Waals surface area contributed by atoms with Crippen molar-refractivity contribution in [1.29, 1.82) is 0 Å². The fourth-order valence-corrected chi connectivity index (χ4v) is 1.86. The van der Waals surface area contributed by atoms with E-state index in [4.69, 9.17) is 5.11 Å². The molecule has 2 N–H and O–H groups in total. The first-order chi connectivity index (χ1) is 6.66. The van der Waals surface area contributed by atoms with Crippen LogP contribution in [0.4, 0.5) is 4.79 Å². The smallest absolute Gasteiger partial charge is 0.404 e. The predicted octanol–water partition coefficient (Wildman–Crippen LogP) is 2.57. The SMILES string of the molecule is O=C(O)NC1CC1c1ccc(Br)cc1. The van der Waals surface area contributed by atoms with E-state index < -0.39 is 6.09 Å². The molecule has 1 aliphatic carbocycles. The third-order valence-electron chi connectivity index (χ3n) is 2.40. The molecule has 0 aromatic heterocycles. The maximum Gasteiger partial charge on any atom is 0.404 e. The van der Waals surface area contributed by atoms with Gasteiger partial charge in [0.2, 0.25) is 0 Å². The van der Waals surface area contributed by atoms with Crippen LogP contribution in [-0.4, -0.2) is 17.2 Å². The van der Waals surface area contributed by atoms with E-state index in [1.165, 1.54) is 5.56 Å². The lowest BCUT2D eigenvalue weighted by molar-refractivity contribution is 0.193. The van der Waals surface area contributed by atoms with Crippen LogP contribution in [0.15, 0.2) is 28.7 Å². The van der Waals surface area contributed by atoms with Crippen LogP contribution in [0.2, 0.25) is 0 Å². The molecule has 1 aliphatic rings. The first-order valence-corrected chi connectivity index (χ1v) is 5.21. The highest BCUT2D eigenvalue weighted by molar-refractivity contribution is 9.10. The highest BCUT2D eigenvalue weighted by Gasteiger charge is 2.39. The Hall–Kier alpha value is -1.03. The highest BCUT2D eigenvalue weighted by atomic mass is 79.9. The van der Waals surface area contributed by atoms with Gasteiger partial charge in [0.25, 0.3) is 0 Å². The number of carboxylic acid groups (broad SMARTS) is 1. The van der Waals surface area contributed by atoms with Crippen LogP contribution in [0.3, 0.4) is 0 Å². The number of rotatable bonds is 2. The molecule has 14 heavy (non-hydrogen) atoms. The molecule has 2 rings (SSSR count). The number of hydrogen-bond acceptors (Lipinski definition) is 1. The Morgan fingerprint density at radius 3 is 2.64 bits per heavy atom. The minimum absolute atomic E-state index is 0.105. The number of amides is 1. The fraction of sp³-hybridized carbons (Fsp3) is 0.300. The van der Waals surface area contributed by atoms with Crippen molar-refractivity contribution in [2.45, 2.75) is 18.4 Å². The quantitative estimate of drug-likeness (QED) is 0.854. The second-order valence-electron chi connectivity index (χ2n) is 3.45. The summed E-state index contributed by atoms with van der Waals surface area (Å²) in [5, 5.41) is 11.0. The normalized spacial score (nSPS) is 24.4. The Morgan fingerprint density at radius 2 is 2.07 bits per heavy atom. The number of halogens is 1. The second kappa shape index (κ2) is 3.61. The van der Waals surface area contributed by atoms with E-state index in [0.717, 1.165) is 10.9 Å². The van der Waals surface area contributed by atoms with Gasteiger partial charge < -0.3 is 10.4 Å². The zero-order valence-electron chi connectivity index (χ0n) is 7.40. The topological polar surface area (TPSA) is 49.3 Å². The molecule has 0 bridgehead atoms. The van der Waals surface area contributed by atoms with Crippen LogP contribution in [-0.2, 0) is 0 Å². The molecule has 1 aromatic rings. The average Bonchev–Trinajstić information content (AvgIpc) is 2.84. The molecule has 4 heteroatoms. The van der Waals surface area contributed by atoms with E-state index in [1.54, 1.807) is 0 Å². The van der Waals surface area contributed by atoms with Gasteiger partial charge in [-0.1, -0.05) is 28.1 Å². The van der Waals surface area contributed by atoms with Crippen molar-refractivity contribution < 1.29 is 9.90 Å². The molecule has 0 aliphatic heterocycles. The summed E-state index contributed by atoms with van der Waals surface area (Å²) >= 11 is 3.36. The minimum Gasteiger partial charge on any atom is -0.465 e. The van der Waals surface area contributed by atoms with Gasteiger partial charge in [0.05, 0.1) is 0 Å². The van der Waals surface area contributed by atoms with E-state index >= 15 is 0 Å². The summed E-state index contributed by atoms with van der Waals surface area (Å²) in [5.74, 6) is 0.360. The van der Waals surface area contributed by atoms with Crippen molar-refractivity contribution in [2.75, 3.05) is 0 Å². The third kappa shape index (κ3) is 2.07. The van der Waals surface area contributed by atoms with Crippen LogP contribution in [0, 0.1) is 0 Å². The van der Waals surface area contributed by atoms with Crippen LogP contribution in [0.1, 0.15) is 17.9 Å². The van der Waals surface area contributed by atoms with Crippen molar-refractivity contribution in [1.82, 2.24) is 5.32 Å². The molecular weight excluding hydrogens is 246 g/mol. The summed E-state index contributed by atoms with van der Waals surface area (Å²) < 4.78 is 1.05. The van der Waals surface area contributed by atoms with Gasteiger partial charge >= 0.3 is 6.09 Å². The first kappa shape index (κ1) is 9.52. The number of benzene rings is 1. The summed E-state index contributed by atoms with van der Waals surface area (Å²) in [6.45, 7) is 0. The fourth-order valence-electron chi connectivity index (χ4n) is 1.59. The maximum atomic E-state index is 10.4. The Bertz CT molecular complexity index is 350. The van der Waals surface area contributed by atoms with E-state index in [-0.39, 0.29) is 6.04 Å². The lowest BCUT2D eigenvalue weighted by Crippen LogP contribution is -2.24. The van der Waals surface area contributed by atoms with Crippen LogP contribution >= 0.6 is 15.9 Å². The molecule has 1 fully saturated rings. The molecule has 1 amide bonds. The molecule has 1 saturated carbocycles. The number of hydrogen-bond donors (Lipinski definition) is 2. The molecule has 2 unspecified atom stereocenters. The summed E-state index contributed by atoms with van der Waals surface area (Å²) in [4.78, 5) is 10.4. The standard InChI is InChI=1S/C10H10BrNO2/c11-7-3-1-6(2-4-7)8-5-9(8)12-10(13)14/h1-4,8-9,12H,5H2,(H,13,14). The molecule has 0 radical (unpaired) electrons. The van der Waals surface area contributed by atoms with Gasteiger partial charge in [0, 0.05) is 16.4 Å².